The van der Waals surface area contributed by atoms with Gasteiger partial charge >= 0.3 is 5.69 Å². The number of amides is 1. The number of aromatic nitrogens is 3. The Morgan fingerprint density at radius 3 is 2.48 bits per heavy atom. The minimum absolute atomic E-state index is 0.145. The van der Waals surface area contributed by atoms with Gasteiger partial charge in [0.2, 0.25) is 5.91 Å². The lowest BCUT2D eigenvalue weighted by molar-refractivity contribution is -0.116. The van der Waals surface area contributed by atoms with Crippen molar-refractivity contribution >= 4 is 22.6 Å². The van der Waals surface area contributed by atoms with Gasteiger partial charge in [-0.05, 0) is 18.4 Å². The third-order valence-corrected chi connectivity index (χ3v) is 3.81. The molecule has 0 bridgehead atoms. The minimum atomic E-state index is -0.444. The van der Waals surface area contributed by atoms with Crippen molar-refractivity contribution in [2.45, 2.75) is 39.5 Å². The van der Waals surface area contributed by atoms with Crippen LogP contribution in [0.25, 0.3) is 11.0 Å². The number of pyridine rings is 1. The number of carbonyl (C=O) groups excluding carboxylic acids is 1. The molecule has 1 N–H and O–H groups in total. The molecule has 2 rings (SSSR count). The van der Waals surface area contributed by atoms with Crippen molar-refractivity contribution in [2.75, 3.05) is 5.32 Å². The van der Waals surface area contributed by atoms with Crippen LogP contribution in [0.5, 0.6) is 0 Å². The van der Waals surface area contributed by atoms with Gasteiger partial charge in [0.25, 0.3) is 5.56 Å². The Labute approximate surface area is 134 Å². The molecule has 2 aromatic heterocycles. The zero-order valence-electron chi connectivity index (χ0n) is 14.0. The summed E-state index contributed by atoms with van der Waals surface area (Å²) < 4.78 is 2.36. The quantitative estimate of drug-likeness (QED) is 0.901. The molecule has 0 aliphatic heterocycles. The van der Waals surface area contributed by atoms with E-state index < -0.39 is 11.2 Å². The standard InChI is InChI=1S/C16H22N4O3/c1-5-7-10-9-17-14-12(13(10)18-11(21)8-6-2)15(22)20(4)16(23)19(14)3/h9H,5-8H2,1-4H3,(H,17,18,21). The Morgan fingerprint density at radius 2 is 1.87 bits per heavy atom. The van der Waals surface area contributed by atoms with Gasteiger partial charge in [-0.3, -0.25) is 18.7 Å². The number of aryl methyl sites for hydroxylation is 2. The summed E-state index contributed by atoms with van der Waals surface area (Å²) in [5.41, 5.74) is 0.681. The molecule has 7 nitrogen and oxygen atoms in total. The smallest absolute Gasteiger partial charge is 0.325 e. The summed E-state index contributed by atoms with van der Waals surface area (Å²) in [5.74, 6) is -0.145. The molecule has 0 aromatic carbocycles. The van der Waals surface area contributed by atoms with Gasteiger partial charge in [-0.1, -0.05) is 20.3 Å². The number of nitrogens with one attached hydrogen (secondary N) is 1. The maximum absolute atomic E-state index is 12.6. The molecule has 0 radical (unpaired) electrons. The Balaban J connectivity index is 2.82. The van der Waals surface area contributed by atoms with Gasteiger partial charge < -0.3 is 5.32 Å². The summed E-state index contributed by atoms with van der Waals surface area (Å²) in [7, 11) is 2.99. The van der Waals surface area contributed by atoms with Gasteiger partial charge in [0.15, 0.2) is 5.65 Å². The number of nitrogens with zero attached hydrogens (tertiary/aromatic N) is 3. The second-order valence-electron chi connectivity index (χ2n) is 5.61. The fraction of sp³-hybridized carbons (Fsp3) is 0.500. The lowest BCUT2D eigenvalue weighted by Gasteiger charge is -2.15. The van der Waals surface area contributed by atoms with E-state index in [-0.39, 0.29) is 16.9 Å². The zero-order valence-corrected chi connectivity index (χ0v) is 14.0. The molecule has 0 atom stereocenters. The van der Waals surface area contributed by atoms with E-state index in [0.717, 1.165) is 16.6 Å². The van der Waals surface area contributed by atoms with Crippen LogP contribution in [-0.4, -0.2) is 20.0 Å². The normalized spacial score (nSPS) is 11.0. The number of rotatable bonds is 5. The molecular weight excluding hydrogens is 296 g/mol. The number of carbonyl (C=O) groups is 1. The average molecular weight is 318 g/mol. The first-order chi connectivity index (χ1) is 10.9. The monoisotopic (exact) mass is 318 g/mol. The molecule has 23 heavy (non-hydrogen) atoms. The van der Waals surface area contributed by atoms with E-state index in [1.54, 1.807) is 13.2 Å². The third-order valence-electron chi connectivity index (χ3n) is 3.81. The summed E-state index contributed by atoms with van der Waals surface area (Å²) in [6.45, 7) is 3.93. The molecule has 0 saturated carbocycles. The van der Waals surface area contributed by atoms with Crippen LogP contribution in [-0.2, 0) is 25.3 Å². The van der Waals surface area contributed by atoms with Gasteiger partial charge in [0, 0.05) is 26.7 Å². The van der Waals surface area contributed by atoms with Crippen LogP contribution in [0.4, 0.5) is 5.69 Å². The van der Waals surface area contributed by atoms with E-state index in [1.807, 2.05) is 13.8 Å². The fourth-order valence-corrected chi connectivity index (χ4v) is 2.60. The van der Waals surface area contributed by atoms with Crippen LogP contribution >= 0.6 is 0 Å². The van der Waals surface area contributed by atoms with Gasteiger partial charge in [0.1, 0.15) is 5.39 Å². The largest absolute Gasteiger partial charge is 0.332 e. The number of hydrogen-bond acceptors (Lipinski definition) is 4. The summed E-state index contributed by atoms with van der Waals surface area (Å²) in [6.07, 6.45) is 4.27. The van der Waals surface area contributed by atoms with Crippen molar-refractivity contribution in [2.24, 2.45) is 14.1 Å². The highest BCUT2D eigenvalue weighted by molar-refractivity contribution is 6.01. The van der Waals surface area contributed by atoms with E-state index in [9.17, 15) is 14.4 Å². The van der Waals surface area contributed by atoms with E-state index >= 15 is 0 Å². The van der Waals surface area contributed by atoms with Gasteiger partial charge in [-0.15, -0.1) is 0 Å². The Bertz CT molecular complexity index is 864. The molecular formula is C16H22N4O3. The van der Waals surface area contributed by atoms with Crippen molar-refractivity contribution in [1.82, 2.24) is 14.1 Å². The highest BCUT2D eigenvalue weighted by Crippen LogP contribution is 2.24. The first-order valence-electron chi connectivity index (χ1n) is 7.79. The third kappa shape index (κ3) is 3.04. The molecule has 0 saturated heterocycles. The SMILES string of the molecule is CCCC(=O)Nc1c(CCC)cnc2c1c(=O)n(C)c(=O)n2C. The first kappa shape index (κ1) is 16.9. The van der Waals surface area contributed by atoms with E-state index in [4.69, 9.17) is 0 Å². The number of anilines is 1. The predicted molar refractivity (Wildman–Crippen MR) is 89.8 cm³/mol. The second kappa shape index (κ2) is 6.76. The number of hydrogen-bond donors (Lipinski definition) is 1. The first-order valence-corrected chi connectivity index (χ1v) is 7.79. The summed E-state index contributed by atoms with van der Waals surface area (Å²) in [6, 6.07) is 0. The lowest BCUT2D eigenvalue weighted by Crippen LogP contribution is -2.38. The van der Waals surface area contributed by atoms with Crippen LogP contribution in [0.3, 0.4) is 0 Å². The second-order valence-corrected chi connectivity index (χ2v) is 5.61. The summed E-state index contributed by atoms with van der Waals surface area (Å²) in [5, 5.41) is 3.13. The molecule has 7 heteroatoms. The minimum Gasteiger partial charge on any atom is -0.325 e. The van der Waals surface area contributed by atoms with Crippen molar-refractivity contribution in [3.05, 3.63) is 32.6 Å². The molecule has 2 heterocycles. The highest BCUT2D eigenvalue weighted by Gasteiger charge is 2.18. The van der Waals surface area contributed by atoms with Gasteiger partial charge in [0.05, 0.1) is 5.69 Å². The molecule has 0 unspecified atom stereocenters. The summed E-state index contributed by atoms with van der Waals surface area (Å²) >= 11 is 0. The Morgan fingerprint density at radius 1 is 1.17 bits per heavy atom. The van der Waals surface area contributed by atoms with Crippen molar-refractivity contribution in [3.63, 3.8) is 0 Å². The molecule has 0 fully saturated rings. The van der Waals surface area contributed by atoms with Crippen LogP contribution in [0, 0.1) is 0 Å². The Kier molecular flexibility index (Phi) is 4.98. The Hall–Kier alpha value is -2.44. The average Bonchev–Trinajstić information content (AvgIpc) is 2.52. The van der Waals surface area contributed by atoms with Crippen LogP contribution in [0.15, 0.2) is 15.8 Å². The molecule has 0 aliphatic carbocycles. The van der Waals surface area contributed by atoms with Gasteiger partial charge in [-0.2, -0.15) is 0 Å². The maximum atomic E-state index is 12.6. The lowest BCUT2D eigenvalue weighted by atomic mass is 10.1. The van der Waals surface area contributed by atoms with Crippen molar-refractivity contribution < 1.29 is 4.79 Å². The molecule has 0 spiro atoms. The van der Waals surface area contributed by atoms with E-state index in [0.29, 0.717) is 24.9 Å². The fourth-order valence-electron chi connectivity index (χ4n) is 2.60. The number of fused-ring (bicyclic) bond motifs is 1. The zero-order chi connectivity index (χ0) is 17.1. The van der Waals surface area contributed by atoms with Gasteiger partial charge in [-0.25, -0.2) is 9.78 Å². The van der Waals surface area contributed by atoms with Crippen LogP contribution in [0.1, 0.15) is 38.7 Å². The van der Waals surface area contributed by atoms with E-state index in [2.05, 4.69) is 10.3 Å². The van der Waals surface area contributed by atoms with Crippen molar-refractivity contribution in [3.8, 4) is 0 Å². The van der Waals surface area contributed by atoms with Crippen LogP contribution in [0.2, 0.25) is 0 Å². The molecule has 1 amide bonds. The highest BCUT2D eigenvalue weighted by atomic mass is 16.2. The summed E-state index contributed by atoms with van der Waals surface area (Å²) in [4.78, 5) is 41.0. The molecule has 0 aliphatic rings. The topological polar surface area (TPSA) is 86.0 Å². The van der Waals surface area contributed by atoms with Crippen LogP contribution < -0.4 is 16.6 Å². The molecule has 2 aromatic rings. The van der Waals surface area contributed by atoms with Crippen molar-refractivity contribution in [1.29, 1.82) is 0 Å². The maximum Gasteiger partial charge on any atom is 0.332 e. The predicted octanol–water partition coefficient (Wildman–Crippen LogP) is 1.32. The molecule has 124 valence electrons. The van der Waals surface area contributed by atoms with E-state index in [1.165, 1.54) is 11.6 Å².